The molecule has 23 heavy (non-hydrogen) atoms. The van der Waals surface area contributed by atoms with Gasteiger partial charge < -0.3 is 20.3 Å². The summed E-state index contributed by atoms with van der Waals surface area (Å²) >= 11 is 1.36. The maximum atomic E-state index is 11.9. The number of nitrogens with one attached hydrogen (secondary N) is 1. The molecule has 3 rings (SSSR count). The largest absolute Gasteiger partial charge is 0.372 e. The van der Waals surface area contributed by atoms with Crippen molar-refractivity contribution in [2.75, 3.05) is 25.0 Å². The van der Waals surface area contributed by atoms with Gasteiger partial charge >= 0.3 is 5.82 Å². The Kier molecular flexibility index (Phi) is 4.75. The Morgan fingerprint density at radius 3 is 3.09 bits per heavy atom. The van der Waals surface area contributed by atoms with Gasteiger partial charge in [-0.05, 0) is 24.2 Å². The van der Waals surface area contributed by atoms with Crippen molar-refractivity contribution in [1.29, 1.82) is 0 Å². The predicted octanol–water partition coefficient (Wildman–Crippen LogP) is 2.51. The molecule has 8 nitrogen and oxygen atoms in total. The van der Waals surface area contributed by atoms with Gasteiger partial charge in [-0.3, -0.25) is 4.79 Å². The smallest absolute Gasteiger partial charge is 0.363 e. The van der Waals surface area contributed by atoms with Crippen LogP contribution < -0.4 is 5.32 Å². The Hall–Kier alpha value is -2.16. The average Bonchev–Trinajstić information content (AvgIpc) is 3.02. The van der Waals surface area contributed by atoms with Crippen LogP contribution in [0.1, 0.15) is 32.1 Å². The van der Waals surface area contributed by atoms with E-state index in [1.165, 1.54) is 15.7 Å². The minimum absolute atomic E-state index is 0.0351. The van der Waals surface area contributed by atoms with E-state index in [0.29, 0.717) is 30.3 Å². The highest BCUT2D eigenvalue weighted by atomic mass is 32.1. The number of carbonyl (C=O) groups is 1. The van der Waals surface area contributed by atoms with E-state index in [9.17, 15) is 14.9 Å². The number of likely N-dealkylation sites (tertiary alicyclic amines) is 1. The second-order valence-corrected chi connectivity index (χ2v) is 6.44. The number of hydrogen-bond acceptors (Lipinski definition) is 6. The Labute approximate surface area is 137 Å². The lowest BCUT2D eigenvalue weighted by molar-refractivity contribution is -0.389. The minimum Gasteiger partial charge on any atom is -0.363 e. The molecule has 0 bridgehead atoms. The third-order valence-electron chi connectivity index (χ3n) is 3.98. The van der Waals surface area contributed by atoms with Crippen molar-refractivity contribution in [3.63, 3.8) is 0 Å². The molecule has 0 aliphatic carbocycles. The summed E-state index contributed by atoms with van der Waals surface area (Å²) in [5.41, 5.74) is 0. The van der Waals surface area contributed by atoms with E-state index in [4.69, 9.17) is 0 Å². The number of imidazole rings is 1. The maximum Gasteiger partial charge on any atom is 0.372 e. The quantitative estimate of drug-likeness (QED) is 0.497. The van der Waals surface area contributed by atoms with E-state index >= 15 is 0 Å². The van der Waals surface area contributed by atoms with Gasteiger partial charge in [0.05, 0.1) is 0 Å². The molecular formula is C14H19N5O3S. The molecule has 0 atom stereocenters. The molecule has 0 aromatic carbocycles. The number of thiazole rings is 1. The first-order valence-electron chi connectivity index (χ1n) is 7.78. The number of anilines is 1. The van der Waals surface area contributed by atoms with Gasteiger partial charge in [-0.25, -0.2) is 0 Å². The van der Waals surface area contributed by atoms with Crippen LogP contribution in [0.25, 0.3) is 4.96 Å². The number of fused-ring (bicyclic) bond motifs is 1. The molecule has 2 aromatic heterocycles. The van der Waals surface area contributed by atoms with Crippen LogP contribution in [0.5, 0.6) is 0 Å². The summed E-state index contributed by atoms with van der Waals surface area (Å²) in [6, 6.07) is 0. The van der Waals surface area contributed by atoms with Crippen LogP contribution in [0, 0.1) is 10.1 Å². The molecule has 2 aromatic rings. The summed E-state index contributed by atoms with van der Waals surface area (Å²) in [5.74, 6) is 0.479. The number of aromatic nitrogens is 2. The number of nitro groups is 1. The predicted molar refractivity (Wildman–Crippen MR) is 87.9 cm³/mol. The highest BCUT2D eigenvalue weighted by Gasteiger charge is 2.23. The fourth-order valence-electron chi connectivity index (χ4n) is 2.82. The summed E-state index contributed by atoms with van der Waals surface area (Å²) in [7, 11) is 0. The molecule has 9 heteroatoms. The summed E-state index contributed by atoms with van der Waals surface area (Å²) in [5, 5.41) is 16.0. The van der Waals surface area contributed by atoms with Crippen molar-refractivity contribution < 1.29 is 9.72 Å². The van der Waals surface area contributed by atoms with Crippen LogP contribution in [-0.2, 0) is 4.79 Å². The number of carbonyl (C=O) groups excluding carboxylic acids is 1. The fourth-order valence-corrected chi connectivity index (χ4v) is 3.53. The molecular weight excluding hydrogens is 318 g/mol. The Morgan fingerprint density at radius 2 is 2.26 bits per heavy atom. The molecule has 1 aliphatic rings. The molecule has 124 valence electrons. The number of amides is 1. The minimum atomic E-state index is -0.423. The van der Waals surface area contributed by atoms with Gasteiger partial charge in [0.2, 0.25) is 11.7 Å². The number of rotatable bonds is 6. The van der Waals surface area contributed by atoms with Gasteiger partial charge in [0.1, 0.15) is 6.20 Å². The number of hydrogen-bond donors (Lipinski definition) is 1. The van der Waals surface area contributed by atoms with E-state index in [0.717, 1.165) is 32.2 Å². The third-order valence-corrected chi connectivity index (χ3v) is 4.74. The van der Waals surface area contributed by atoms with Crippen LogP contribution in [0.3, 0.4) is 0 Å². The van der Waals surface area contributed by atoms with Crippen molar-refractivity contribution in [3.8, 4) is 0 Å². The third kappa shape index (κ3) is 3.44. The Balaban J connectivity index is 1.56. The van der Waals surface area contributed by atoms with Crippen molar-refractivity contribution in [2.45, 2.75) is 32.1 Å². The van der Waals surface area contributed by atoms with Crippen molar-refractivity contribution >= 4 is 33.8 Å². The van der Waals surface area contributed by atoms with Crippen molar-refractivity contribution in [3.05, 3.63) is 21.7 Å². The van der Waals surface area contributed by atoms with E-state index in [1.807, 2.05) is 4.90 Å². The first kappa shape index (κ1) is 15.7. The van der Waals surface area contributed by atoms with Crippen molar-refractivity contribution in [1.82, 2.24) is 14.3 Å². The highest BCUT2D eigenvalue weighted by molar-refractivity contribution is 7.15. The average molecular weight is 337 g/mol. The molecule has 1 N–H and O–H groups in total. The topological polar surface area (TPSA) is 92.8 Å². The van der Waals surface area contributed by atoms with Gasteiger partial charge in [-0.2, -0.15) is 9.38 Å². The molecule has 1 fully saturated rings. The monoisotopic (exact) mass is 337 g/mol. The summed E-state index contributed by atoms with van der Waals surface area (Å²) < 4.78 is 1.48. The van der Waals surface area contributed by atoms with E-state index < -0.39 is 4.92 Å². The first-order valence-corrected chi connectivity index (χ1v) is 8.66. The first-order chi connectivity index (χ1) is 11.2. The van der Waals surface area contributed by atoms with Crippen LogP contribution in [0.15, 0.2) is 11.6 Å². The zero-order valence-corrected chi connectivity index (χ0v) is 13.5. The van der Waals surface area contributed by atoms with Crippen LogP contribution in [0.4, 0.5) is 11.6 Å². The maximum absolute atomic E-state index is 11.9. The molecule has 0 spiro atoms. The van der Waals surface area contributed by atoms with Gasteiger partial charge in [-0.1, -0.05) is 17.8 Å². The lowest BCUT2D eigenvalue weighted by Gasteiger charge is -2.20. The van der Waals surface area contributed by atoms with Gasteiger partial charge in [-0.15, -0.1) is 0 Å². The fraction of sp³-hybridized carbons (Fsp3) is 0.571. The highest BCUT2D eigenvalue weighted by Crippen LogP contribution is 2.27. The molecule has 1 saturated heterocycles. The molecule has 3 heterocycles. The zero-order chi connectivity index (χ0) is 16.2. The lowest BCUT2D eigenvalue weighted by Crippen LogP contribution is -2.32. The molecule has 0 radical (unpaired) electrons. The van der Waals surface area contributed by atoms with E-state index in [1.54, 1.807) is 11.6 Å². The second-order valence-electron chi connectivity index (χ2n) is 5.57. The van der Waals surface area contributed by atoms with Crippen LogP contribution >= 0.6 is 11.3 Å². The molecule has 1 amide bonds. The molecule has 0 unspecified atom stereocenters. The second kappa shape index (κ2) is 6.95. The zero-order valence-electron chi connectivity index (χ0n) is 12.7. The normalized spacial score (nSPS) is 15.8. The summed E-state index contributed by atoms with van der Waals surface area (Å²) in [6.07, 6.45) is 6.17. The van der Waals surface area contributed by atoms with Gasteiger partial charge in [0, 0.05) is 31.4 Å². The van der Waals surface area contributed by atoms with Gasteiger partial charge in [0.25, 0.3) is 4.96 Å². The Bertz CT molecular complexity index is 710. The Morgan fingerprint density at radius 1 is 1.39 bits per heavy atom. The molecule has 0 saturated carbocycles. The van der Waals surface area contributed by atoms with Crippen LogP contribution in [-0.4, -0.2) is 44.7 Å². The summed E-state index contributed by atoms with van der Waals surface area (Å²) in [6.45, 7) is 2.05. The lowest BCUT2D eigenvalue weighted by atomic mass is 10.2. The van der Waals surface area contributed by atoms with E-state index in [2.05, 4.69) is 10.3 Å². The SMILES string of the molecule is O=C1CCCCCN1CCCNc1nc2sccn2c1[N+](=O)[O-]. The van der Waals surface area contributed by atoms with Crippen LogP contribution in [0.2, 0.25) is 0 Å². The standard InChI is InChI=1S/C14H19N5O3S/c20-11-5-2-1-3-7-17(11)8-4-6-15-12-13(19(21)22)18-9-10-23-14(18)16-12/h9-10,15H,1-8H2. The number of nitrogens with zero attached hydrogens (tertiary/aromatic N) is 4. The molecule has 1 aliphatic heterocycles. The summed E-state index contributed by atoms with van der Waals surface area (Å²) in [4.78, 5) is 29.4. The van der Waals surface area contributed by atoms with Gasteiger partial charge in [0.15, 0.2) is 0 Å². The van der Waals surface area contributed by atoms with E-state index in [-0.39, 0.29) is 11.7 Å². The van der Waals surface area contributed by atoms with Crippen molar-refractivity contribution in [2.24, 2.45) is 0 Å².